The van der Waals surface area contributed by atoms with Crippen LogP contribution in [0.25, 0.3) is 10.8 Å². The molecule has 0 saturated carbocycles. The number of nitrogens with one attached hydrogen (secondary N) is 1. The van der Waals surface area contributed by atoms with Gasteiger partial charge in [-0.25, -0.2) is 0 Å². The van der Waals surface area contributed by atoms with E-state index in [4.69, 9.17) is 6.42 Å². The second-order valence-electron chi connectivity index (χ2n) is 3.99. The summed E-state index contributed by atoms with van der Waals surface area (Å²) in [5, 5.41) is 15.6. The summed E-state index contributed by atoms with van der Waals surface area (Å²) >= 11 is 1.66. The van der Waals surface area contributed by atoms with Gasteiger partial charge in [-0.15, -0.1) is 18.2 Å². The quantitative estimate of drug-likeness (QED) is 0.383. The number of fused-ring (bicyclic) bond motifs is 1. The van der Waals surface area contributed by atoms with Crippen molar-refractivity contribution in [2.75, 3.05) is 23.4 Å². The van der Waals surface area contributed by atoms with Gasteiger partial charge in [0.2, 0.25) is 0 Å². The van der Waals surface area contributed by atoms with Gasteiger partial charge in [-0.05, 0) is 12.1 Å². The highest BCUT2D eigenvalue weighted by atomic mass is 32.2. The second-order valence-corrected chi connectivity index (χ2v) is 5.10. The van der Waals surface area contributed by atoms with Crippen molar-refractivity contribution in [2.45, 2.75) is 0 Å². The van der Waals surface area contributed by atoms with Crippen molar-refractivity contribution in [3.05, 3.63) is 40.7 Å². The summed E-state index contributed by atoms with van der Waals surface area (Å²) in [5.41, 5.74) is 0.940. The number of nitrogens with zero attached hydrogens (tertiary/aromatic N) is 2. The number of nitro benzene ring substituents is 1. The Morgan fingerprint density at radius 2 is 2.25 bits per heavy atom. The summed E-state index contributed by atoms with van der Waals surface area (Å²) in [6.07, 6.45) is 8.37. The Morgan fingerprint density at radius 3 is 3.00 bits per heavy atom. The largest absolute Gasteiger partial charge is 0.384 e. The average molecular weight is 287 g/mol. The number of anilines is 1. The third-order valence-corrected chi connectivity index (χ3v) is 3.60. The molecule has 0 aliphatic rings. The van der Waals surface area contributed by atoms with E-state index in [-0.39, 0.29) is 10.6 Å². The second kappa shape index (κ2) is 6.78. The Morgan fingerprint density at radius 1 is 1.40 bits per heavy atom. The molecule has 6 heteroatoms. The highest BCUT2D eigenvalue weighted by Crippen LogP contribution is 2.30. The van der Waals surface area contributed by atoms with Gasteiger partial charge in [0.15, 0.2) is 0 Å². The minimum atomic E-state index is -0.380. The number of benzene rings is 1. The molecule has 0 radical (unpaired) electrons. The molecule has 0 aliphatic carbocycles. The summed E-state index contributed by atoms with van der Waals surface area (Å²) < 4.78 is 0. The molecule has 0 atom stereocenters. The van der Waals surface area contributed by atoms with Gasteiger partial charge < -0.3 is 5.32 Å². The normalized spacial score (nSPS) is 10.2. The molecule has 102 valence electrons. The molecule has 0 unspecified atom stereocenters. The van der Waals surface area contributed by atoms with Crippen LogP contribution in [0.15, 0.2) is 30.6 Å². The fourth-order valence-corrected chi connectivity index (χ4v) is 2.39. The standard InChI is InChI=1S/C14H13N3O2S/c1-2-8-20-9-7-16-13-3-4-14(17(18)19)11-5-6-15-10-12(11)13/h1,3-6,10,16H,7-9H2. The average Bonchev–Trinajstić information content (AvgIpc) is 2.46. The van der Waals surface area contributed by atoms with E-state index in [9.17, 15) is 10.1 Å². The van der Waals surface area contributed by atoms with E-state index in [0.717, 1.165) is 23.4 Å². The molecule has 1 heterocycles. The van der Waals surface area contributed by atoms with E-state index in [1.165, 1.54) is 6.07 Å². The zero-order valence-electron chi connectivity index (χ0n) is 10.7. The Balaban J connectivity index is 2.21. The van der Waals surface area contributed by atoms with Gasteiger partial charge in [0.1, 0.15) is 0 Å². The maximum Gasteiger partial charge on any atom is 0.277 e. The Bertz CT molecular complexity index is 667. The topological polar surface area (TPSA) is 68.1 Å². The molecule has 0 amide bonds. The number of pyridine rings is 1. The molecule has 0 bridgehead atoms. The van der Waals surface area contributed by atoms with Crippen LogP contribution in [0, 0.1) is 22.5 Å². The van der Waals surface area contributed by atoms with Gasteiger partial charge in [0, 0.05) is 41.8 Å². The number of thioether (sulfide) groups is 1. The number of hydrogen-bond donors (Lipinski definition) is 1. The molecule has 0 fully saturated rings. The highest BCUT2D eigenvalue weighted by molar-refractivity contribution is 7.99. The summed E-state index contributed by atoms with van der Waals surface area (Å²) in [6, 6.07) is 4.89. The lowest BCUT2D eigenvalue weighted by molar-refractivity contribution is -0.383. The van der Waals surface area contributed by atoms with E-state index in [1.807, 2.05) is 0 Å². The minimum Gasteiger partial charge on any atom is -0.384 e. The van der Waals surface area contributed by atoms with Crippen LogP contribution >= 0.6 is 11.8 Å². The first kappa shape index (κ1) is 14.2. The number of non-ortho nitro benzene ring substituents is 1. The fourth-order valence-electron chi connectivity index (χ4n) is 1.88. The zero-order chi connectivity index (χ0) is 14.4. The lowest BCUT2D eigenvalue weighted by Gasteiger charge is -2.09. The maximum absolute atomic E-state index is 11.0. The van der Waals surface area contributed by atoms with Crippen LogP contribution in [0.3, 0.4) is 0 Å². The van der Waals surface area contributed by atoms with Crippen molar-refractivity contribution >= 4 is 33.9 Å². The maximum atomic E-state index is 11.0. The molecule has 1 aromatic heterocycles. The van der Waals surface area contributed by atoms with Gasteiger partial charge in [-0.2, -0.15) is 0 Å². The van der Waals surface area contributed by atoms with Crippen LogP contribution in [0.1, 0.15) is 0 Å². The van der Waals surface area contributed by atoms with Crippen LogP contribution in [0.5, 0.6) is 0 Å². The summed E-state index contributed by atoms with van der Waals surface area (Å²) in [5.74, 6) is 4.13. The number of aromatic nitrogens is 1. The van der Waals surface area contributed by atoms with Crippen molar-refractivity contribution < 1.29 is 4.92 Å². The molecular formula is C14H13N3O2S. The van der Waals surface area contributed by atoms with Crippen LogP contribution in [-0.2, 0) is 0 Å². The van der Waals surface area contributed by atoms with Crippen molar-refractivity contribution in [2.24, 2.45) is 0 Å². The van der Waals surface area contributed by atoms with Gasteiger partial charge in [-0.1, -0.05) is 5.92 Å². The summed E-state index contributed by atoms with van der Waals surface area (Å²) in [7, 11) is 0. The number of nitro groups is 1. The molecule has 0 spiro atoms. The summed E-state index contributed by atoms with van der Waals surface area (Å²) in [6.45, 7) is 0.744. The number of rotatable bonds is 6. The lowest BCUT2D eigenvalue weighted by atomic mass is 10.1. The van der Waals surface area contributed by atoms with Crippen molar-refractivity contribution in [1.82, 2.24) is 4.98 Å². The van der Waals surface area contributed by atoms with Crippen LogP contribution in [0.4, 0.5) is 11.4 Å². The van der Waals surface area contributed by atoms with Crippen molar-refractivity contribution in [3.63, 3.8) is 0 Å². The highest BCUT2D eigenvalue weighted by Gasteiger charge is 2.13. The third kappa shape index (κ3) is 3.19. The predicted molar refractivity (Wildman–Crippen MR) is 83.0 cm³/mol. The van der Waals surface area contributed by atoms with Crippen LogP contribution < -0.4 is 5.32 Å². The molecule has 1 N–H and O–H groups in total. The minimum absolute atomic E-state index is 0.0923. The van der Waals surface area contributed by atoms with Gasteiger partial charge in [-0.3, -0.25) is 15.1 Å². The fraction of sp³-hybridized carbons (Fsp3) is 0.214. The monoisotopic (exact) mass is 287 g/mol. The Kier molecular flexibility index (Phi) is 4.80. The number of hydrogen-bond acceptors (Lipinski definition) is 5. The van der Waals surface area contributed by atoms with E-state index in [2.05, 4.69) is 16.2 Å². The lowest BCUT2D eigenvalue weighted by Crippen LogP contribution is -2.05. The predicted octanol–water partition coefficient (Wildman–Crippen LogP) is 2.92. The number of terminal acetylenes is 1. The van der Waals surface area contributed by atoms with Gasteiger partial charge in [0.25, 0.3) is 5.69 Å². The molecule has 0 aliphatic heterocycles. The summed E-state index contributed by atoms with van der Waals surface area (Å²) in [4.78, 5) is 14.7. The van der Waals surface area contributed by atoms with E-state index < -0.39 is 0 Å². The zero-order valence-corrected chi connectivity index (χ0v) is 11.5. The Hall–Kier alpha value is -2.26. The third-order valence-electron chi connectivity index (χ3n) is 2.74. The molecule has 1 aromatic carbocycles. The van der Waals surface area contributed by atoms with Crippen molar-refractivity contribution in [3.8, 4) is 12.3 Å². The van der Waals surface area contributed by atoms with Gasteiger partial charge in [0.05, 0.1) is 16.1 Å². The molecule has 20 heavy (non-hydrogen) atoms. The molecule has 2 aromatic rings. The first-order chi connectivity index (χ1) is 9.74. The van der Waals surface area contributed by atoms with Crippen LogP contribution in [-0.4, -0.2) is 28.0 Å². The smallest absolute Gasteiger partial charge is 0.277 e. The van der Waals surface area contributed by atoms with Gasteiger partial charge >= 0.3 is 0 Å². The molecule has 2 rings (SSSR count). The Labute approximate surface area is 120 Å². The first-order valence-corrected chi connectivity index (χ1v) is 7.15. The molecule has 0 saturated heterocycles. The van der Waals surface area contributed by atoms with E-state index in [1.54, 1.807) is 36.3 Å². The molecular weight excluding hydrogens is 274 g/mol. The van der Waals surface area contributed by atoms with E-state index >= 15 is 0 Å². The van der Waals surface area contributed by atoms with E-state index in [0.29, 0.717) is 11.1 Å². The SMILES string of the molecule is C#CCSCCNc1ccc([N+](=O)[O-])c2ccncc12. The first-order valence-electron chi connectivity index (χ1n) is 6.00. The van der Waals surface area contributed by atoms with Crippen LogP contribution in [0.2, 0.25) is 0 Å². The van der Waals surface area contributed by atoms with Crippen molar-refractivity contribution in [1.29, 1.82) is 0 Å². The molecule has 5 nitrogen and oxygen atoms in total.